The molecule has 7 nitrogen and oxygen atoms in total. The smallest absolute Gasteiger partial charge is 0.196 e. The normalized spacial score (nSPS) is 12.0. The second-order valence-electron chi connectivity index (χ2n) is 6.89. The van der Waals surface area contributed by atoms with E-state index in [2.05, 4.69) is 49.3 Å². The molecule has 0 radical (unpaired) electrons. The zero-order valence-corrected chi connectivity index (χ0v) is 17.6. The molecular weight excluding hydrogens is 406 g/mol. The van der Waals surface area contributed by atoms with Gasteiger partial charge in [-0.05, 0) is 41.6 Å². The molecule has 0 aliphatic rings. The van der Waals surface area contributed by atoms with Crippen molar-refractivity contribution in [2.75, 3.05) is 0 Å². The van der Waals surface area contributed by atoms with Gasteiger partial charge in [0.25, 0.3) is 0 Å². The number of para-hydroxylation sites is 2. The van der Waals surface area contributed by atoms with Crippen LogP contribution in [-0.2, 0) is 0 Å². The van der Waals surface area contributed by atoms with E-state index < -0.39 is 0 Å². The van der Waals surface area contributed by atoms with Gasteiger partial charge in [0.05, 0.1) is 10.9 Å². The Bertz CT molecular complexity index is 1270. The molecule has 2 heterocycles. The fraction of sp³-hybridized carbons (Fsp3) is 0.0870. The Morgan fingerprint density at radius 2 is 1.32 bits per heavy atom. The molecule has 0 aliphatic carbocycles. The van der Waals surface area contributed by atoms with E-state index in [1.807, 2.05) is 78.9 Å². The third-order valence-corrected chi connectivity index (χ3v) is 5.86. The standard InChI is InChI=1S/C23H19N7S/c1-17(21-25-27-28-30(21)20-15-9-4-10-16-20)31-23-26-24-22(18-11-5-2-6-12-18)29(23)19-13-7-3-8-14-19/h2-17H,1H3. The van der Waals surface area contributed by atoms with Crippen LogP contribution in [0.15, 0.2) is 96.2 Å². The molecule has 0 bridgehead atoms. The maximum atomic E-state index is 4.52. The lowest BCUT2D eigenvalue weighted by atomic mass is 10.2. The van der Waals surface area contributed by atoms with Crippen molar-refractivity contribution in [3.05, 3.63) is 96.8 Å². The van der Waals surface area contributed by atoms with Crippen LogP contribution in [-0.4, -0.2) is 35.0 Å². The van der Waals surface area contributed by atoms with E-state index in [9.17, 15) is 0 Å². The van der Waals surface area contributed by atoms with Crippen LogP contribution in [0.2, 0.25) is 0 Å². The van der Waals surface area contributed by atoms with Crippen molar-refractivity contribution in [3.63, 3.8) is 0 Å². The van der Waals surface area contributed by atoms with E-state index in [0.29, 0.717) is 0 Å². The summed E-state index contributed by atoms with van der Waals surface area (Å²) in [5, 5.41) is 22.1. The van der Waals surface area contributed by atoms with E-state index in [0.717, 1.165) is 33.7 Å². The Labute approximate surface area is 183 Å². The van der Waals surface area contributed by atoms with Crippen LogP contribution >= 0.6 is 11.8 Å². The van der Waals surface area contributed by atoms with Gasteiger partial charge in [-0.3, -0.25) is 4.57 Å². The number of aromatic nitrogens is 7. The largest absolute Gasteiger partial charge is 0.270 e. The summed E-state index contributed by atoms with van der Waals surface area (Å²) in [6.45, 7) is 2.07. The van der Waals surface area contributed by atoms with Crippen LogP contribution in [0.5, 0.6) is 0 Å². The molecule has 0 spiro atoms. The quantitative estimate of drug-likeness (QED) is 0.365. The van der Waals surface area contributed by atoms with Gasteiger partial charge in [-0.15, -0.1) is 15.3 Å². The molecule has 5 aromatic rings. The molecule has 3 aromatic carbocycles. The maximum absolute atomic E-state index is 4.52. The van der Waals surface area contributed by atoms with Gasteiger partial charge in [0, 0.05) is 11.3 Å². The van der Waals surface area contributed by atoms with Gasteiger partial charge < -0.3 is 0 Å². The highest BCUT2D eigenvalue weighted by Crippen LogP contribution is 2.36. The number of tetrazole rings is 1. The minimum absolute atomic E-state index is 0.0505. The molecule has 1 unspecified atom stereocenters. The highest BCUT2D eigenvalue weighted by atomic mass is 32.2. The van der Waals surface area contributed by atoms with E-state index in [1.165, 1.54) is 0 Å². The van der Waals surface area contributed by atoms with Crippen LogP contribution < -0.4 is 0 Å². The number of hydrogen-bond acceptors (Lipinski definition) is 6. The lowest BCUT2D eigenvalue weighted by Crippen LogP contribution is -2.06. The molecular formula is C23H19N7S. The van der Waals surface area contributed by atoms with Crippen molar-refractivity contribution < 1.29 is 0 Å². The van der Waals surface area contributed by atoms with Gasteiger partial charge in [-0.1, -0.05) is 78.5 Å². The van der Waals surface area contributed by atoms with Crippen molar-refractivity contribution >= 4 is 11.8 Å². The SMILES string of the molecule is CC(Sc1nnc(-c2ccccc2)n1-c1ccccc1)c1nnnn1-c1ccccc1. The molecule has 0 saturated heterocycles. The van der Waals surface area contributed by atoms with Crippen molar-refractivity contribution in [3.8, 4) is 22.8 Å². The number of rotatable bonds is 6. The van der Waals surface area contributed by atoms with Gasteiger partial charge in [0.1, 0.15) is 0 Å². The van der Waals surface area contributed by atoms with Crippen LogP contribution in [0.25, 0.3) is 22.8 Å². The summed E-state index contributed by atoms with van der Waals surface area (Å²) >= 11 is 1.57. The first kappa shape index (κ1) is 19.2. The molecule has 8 heteroatoms. The fourth-order valence-electron chi connectivity index (χ4n) is 3.34. The first-order valence-corrected chi connectivity index (χ1v) is 10.8. The predicted molar refractivity (Wildman–Crippen MR) is 120 cm³/mol. The molecule has 0 amide bonds. The van der Waals surface area contributed by atoms with Gasteiger partial charge >= 0.3 is 0 Å². The fourth-order valence-corrected chi connectivity index (χ4v) is 4.30. The highest BCUT2D eigenvalue weighted by Gasteiger charge is 2.22. The van der Waals surface area contributed by atoms with E-state index in [-0.39, 0.29) is 5.25 Å². The second-order valence-corrected chi connectivity index (χ2v) is 8.20. The van der Waals surface area contributed by atoms with Gasteiger partial charge in [-0.2, -0.15) is 4.68 Å². The predicted octanol–water partition coefficient (Wildman–Crippen LogP) is 4.76. The summed E-state index contributed by atoms with van der Waals surface area (Å²) in [4.78, 5) is 0. The Balaban J connectivity index is 1.54. The van der Waals surface area contributed by atoms with Crippen molar-refractivity contribution in [1.29, 1.82) is 0 Å². The molecule has 152 valence electrons. The van der Waals surface area contributed by atoms with Gasteiger partial charge in [0.2, 0.25) is 0 Å². The monoisotopic (exact) mass is 425 g/mol. The van der Waals surface area contributed by atoms with Crippen LogP contribution in [0.3, 0.4) is 0 Å². The molecule has 31 heavy (non-hydrogen) atoms. The maximum Gasteiger partial charge on any atom is 0.196 e. The first-order chi connectivity index (χ1) is 15.3. The third kappa shape index (κ3) is 3.85. The molecule has 2 aromatic heterocycles. The molecule has 0 saturated carbocycles. The Kier molecular flexibility index (Phi) is 5.28. The van der Waals surface area contributed by atoms with Gasteiger partial charge in [-0.25, -0.2) is 0 Å². The molecule has 0 fully saturated rings. The summed E-state index contributed by atoms with van der Waals surface area (Å²) in [7, 11) is 0. The molecule has 0 N–H and O–H groups in total. The van der Waals surface area contributed by atoms with Crippen molar-refractivity contribution in [2.45, 2.75) is 17.3 Å². The Morgan fingerprint density at radius 3 is 2.00 bits per heavy atom. The second kappa shape index (κ2) is 8.53. The van der Waals surface area contributed by atoms with Crippen LogP contribution in [0, 0.1) is 0 Å². The number of thioether (sulfide) groups is 1. The minimum Gasteiger partial charge on any atom is -0.270 e. The molecule has 5 rings (SSSR count). The summed E-state index contributed by atoms with van der Waals surface area (Å²) in [6.07, 6.45) is 0. The lowest BCUT2D eigenvalue weighted by Gasteiger charge is -2.13. The van der Waals surface area contributed by atoms with Crippen molar-refractivity contribution in [1.82, 2.24) is 35.0 Å². The molecule has 1 atom stereocenters. The van der Waals surface area contributed by atoms with Crippen molar-refractivity contribution in [2.24, 2.45) is 0 Å². The summed E-state index contributed by atoms with van der Waals surface area (Å²) in [6, 6.07) is 30.1. The first-order valence-electron chi connectivity index (χ1n) is 9.88. The van der Waals surface area contributed by atoms with Crippen LogP contribution in [0.1, 0.15) is 18.0 Å². The lowest BCUT2D eigenvalue weighted by molar-refractivity contribution is 0.760. The Morgan fingerprint density at radius 1 is 0.710 bits per heavy atom. The van der Waals surface area contributed by atoms with E-state index in [4.69, 9.17) is 0 Å². The minimum atomic E-state index is -0.0505. The summed E-state index contributed by atoms with van der Waals surface area (Å²) in [5.74, 6) is 1.55. The zero-order valence-electron chi connectivity index (χ0n) is 16.8. The van der Waals surface area contributed by atoms with E-state index in [1.54, 1.807) is 16.4 Å². The average Bonchev–Trinajstić information content (AvgIpc) is 3.48. The highest BCUT2D eigenvalue weighted by molar-refractivity contribution is 7.99. The third-order valence-electron chi connectivity index (χ3n) is 4.82. The van der Waals surface area contributed by atoms with Crippen LogP contribution in [0.4, 0.5) is 0 Å². The Hall–Kier alpha value is -3.78. The summed E-state index contributed by atoms with van der Waals surface area (Å²) < 4.78 is 3.84. The topological polar surface area (TPSA) is 74.3 Å². The summed E-state index contributed by atoms with van der Waals surface area (Å²) in [5.41, 5.74) is 2.93. The number of hydrogen-bond donors (Lipinski definition) is 0. The molecule has 0 aliphatic heterocycles. The number of nitrogens with zero attached hydrogens (tertiary/aromatic N) is 7. The van der Waals surface area contributed by atoms with Gasteiger partial charge in [0.15, 0.2) is 16.8 Å². The number of benzene rings is 3. The average molecular weight is 426 g/mol. The zero-order chi connectivity index (χ0) is 21.0. The van der Waals surface area contributed by atoms with E-state index >= 15 is 0 Å².